The first-order chi connectivity index (χ1) is 10.1. The summed E-state index contributed by atoms with van der Waals surface area (Å²) in [6.45, 7) is 4.98. The number of esters is 2. The maximum atomic E-state index is 12.0. The number of aldehydes is 1. The molecular weight excluding hydrogens is 288 g/mol. The summed E-state index contributed by atoms with van der Waals surface area (Å²) in [7, 11) is 0. The van der Waals surface area contributed by atoms with Crippen molar-refractivity contribution >= 4 is 18.2 Å². The molecule has 0 radical (unpaired) electrons. The monoisotopic (exact) mass is 312 g/mol. The smallest absolute Gasteiger partial charge is 0.309 e. The largest absolute Gasteiger partial charge is 0.466 e. The highest BCUT2D eigenvalue weighted by atomic mass is 16.6. The van der Waals surface area contributed by atoms with E-state index >= 15 is 0 Å². The maximum Gasteiger partial charge on any atom is 0.309 e. The highest BCUT2D eigenvalue weighted by Crippen LogP contribution is 2.50. The van der Waals surface area contributed by atoms with Gasteiger partial charge in [0.05, 0.1) is 18.1 Å². The zero-order valence-corrected chi connectivity index (χ0v) is 13.2. The van der Waals surface area contributed by atoms with Crippen LogP contribution in [0.1, 0.15) is 33.6 Å². The molecule has 0 amide bonds. The van der Waals surface area contributed by atoms with E-state index in [0.29, 0.717) is 19.1 Å². The number of hydrogen-bond acceptors (Lipinski definition) is 7. The Bertz CT molecular complexity index is 492. The number of hydrogen-bond donors (Lipinski definition) is 2. The predicted octanol–water partition coefficient (Wildman–Crippen LogP) is -0.249. The Morgan fingerprint density at radius 3 is 2.68 bits per heavy atom. The van der Waals surface area contributed by atoms with Crippen molar-refractivity contribution in [1.82, 2.24) is 0 Å². The van der Waals surface area contributed by atoms with Crippen LogP contribution in [0.4, 0.5) is 0 Å². The Morgan fingerprint density at radius 1 is 1.50 bits per heavy atom. The summed E-state index contributed by atoms with van der Waals surface area (Å²) in [6.07, 6.45) is 1.02. The minimum absolute atomic E-state index is 0.139. The molecule has 0 aromatic carbocycles. The zero-order valence-electron chi connectivity index (χ0n) is 13.2. The van der Waals surface area contributed by atoms with E-state index in [1.807, 2.05) is 0 Å². The molecule has 2 fully saturated rings. The molecule has 0 spiro atoms. The van der Waals surface area contributed by atoms with E-state index in [1.54, 1.807) is 13.8 Å². The summed E-state index contributed by atoms with van der Waals surface area (Å²) in [6, 6.07) is 0. The van der Waals surface area contributed by atoms with Gasteiger partial charge in [0.1, 0.15) is 12.4 Å². The Hall–Kier alpha value is -1.47. The van der Waals surface area contributed by atoms with Crippen molar-refractivity contribution in [2.45, 2.75) is 50.8 Å². The van der Waals surface area contributed by atoms with Gasteiger partial charge in [0, 0.05) is 24.3 Å². The fourth-order valence-corrected chi connectivity index (χ4v) is 4.26. The van der Waals surface area contributed by atoms with Gasteiger partial charge in [0.2, 0.25) is 0 Å². The van der Waals surface area contributed by atoms with Crippen molar-refractivity contribution in [3.63, 3.8) is 0 Å². The van der Waals surface area contributed by atoms with Gasteiger partial charge in [-0.3, -0.25) is 9.59 Å². The SMILES string of the molecule is CC(=O)OCCC1C(C)(N)CC2C(=O)OC(C)C2C1(N)C=O. The van der Waals surface area contributed by atoms with Crippen LogP contribution in [0, 0.1) is 17.8 Å². The minimum Gasteiger partial charge on any atom is -0.466 e. The molecule has 7 heteroatoms. The molecule has 2 rings (SSSR count). The number of carbonyl (C=O) groups is 3. The maximum absolute atomic E-state index is 12.0. The van der Waals surface area contributed by atoms with Crippen LogP contribution < -0.4 is 11.5 Å². The van der Waals surface area contributed by atoms with Crippen molar-refractivity contribution in [3.05, 3.63) is 0 Å². The number of carbonyl (C=O) groups excluding carboxylic acids is 3. The van der Waals surface area contributed by atoms with Crippen LogP contribution in [0.5, 0.6) is 0 Å². The molecule has 0 bridgehead atoms. The van der Waals surface area contributed by atoms with Crippen LogP contribution in [-0.4, -0.2) is 42.0 Å². The van der Waals surface area contributed by atoms with Crippen molar-refractivity contribution in [1.29, 1.82) is 0 Å². The third-order valence-corrected chi connectivity index (χ3v) is 5.10. The van der Waals surface area contributed by atoms with Crippen molar-refractivity contribution < 1.29 is 23.9 Å². The molecule has 7 nitrogen and oxygen atoms in total. The van der Waals surface area contributed by atoms with Gasteiger partial charge in [-0.25, -0.2) is 0 Å². The fraction of sp³-hybridized carbons (Fsp3) is 0.800. The minimum atomic E-state index is -1.28. The van der Waals surface area contributed by atoms with Crippen LogP contribution >= 0.6 is 0 Å². The van der Waals surface area contributed by atoms with E-state index < -0.39 is 40.9 Å². The van der Waals surface area contributed by atoms with Crippen LogP contribution in [0.25, 0.3) is 0 Å². The summed E-state index contributed by atoms with van der Waals surface area (Å²) < 4.78 is 10.2. The third kappa shape index (κ3) is 2.63. The second-order valence-electron chi connectivity index (χ2n) is 6.78. The number of rotatable bonds is 4. The highest BCUT2D eigenvalue weighted by molar-refractivity contribution is 5.79. The molecular formula is C15H24N2O5. The summed E-state index contributed by atoms with van der Waals surface area (Å²) >= 11 is 0. The first-order valence-electron chi connectivity index (χ1n) is 7.51. The van der Waals surface area contributed by atoms with E-state index in [0.717, 1.165) is 0 Å². The first-order valence-corrected chi connectivity index (χ1v) is 7.51. The van der Waals surface area contributed by atoms with E-state index in [1.165, 1.54) is 6.92 Å². The summed E-state index contributed by atoms with van der Waals surface area (Å²) in [5, 5.41) is 0. The average molecular weight is 312 g/mol. The second kappa shape index (κ2) is 5.62. The van der Waals surface area contributed by atoms with E-state index in [-0.39, 0.29) is 12.6 Å². The van der Waals surface area contributed by atoms with Gasteiger partial charge in [-0.1, -0.05) is 0 Å². The molecule has 1 saturated heterocycles. The quantitative estimate of drug-likeness (QED) is 0.542. The second-order valence-corrected chi connectivity index (χ2v) is 6.78. The molecule has 1 aliphatic carbocycles. The van der Waals surface area contributed by atoms with Crippen LogP contribution in [0.2, 0.25) is 0 Å². The van der Waals surface area contributed by atoms with Gasteiger partial charge >= 0.3 is 11.9 Å². The van der Waals surface area contributed by atoms with Crippen LogP contribution in [-0.2, 0) is 23.9 Å². The molecule has 1 aliphatic heterocycles. The Balaban J connectivity index is 2.31. The molecule has 1 saturated carbocycles. The van der Waals surface area contributed by atoms with Gasteiger partial charge in [-0.2, -0.15) is 0 Å². The van der Waals surface area contributed by atoms with E-state index in [9.17, 15) is 14.4 Å². The fourth-order valence-electron chi connectivity index (χ4n) is 4.26. The summed E-state index contributed by atoms with van der Waals surface area (Å²) in [5.74, 6) is -2.02. The molecule has 6 unspecified atom stereocenters. The van der Waals surface area contributed by atoms with Crippen molar-refractivity contribution in [2.24, 2.45) is 29.2 Å². The van der Waals surface area contributed by atoms with Gasteiger partial charge in [-0.15, -0.1) is 0 Å². The Morgan fingerprint density at radius 2 is 2.14 bits per heavy atom. The first kappa shape index (κ1) is 16.9. The molecule has 2 aliphatic rings. The lowest BCUT2D eigenvalue weighted by Gasteiger charge is -2.52. The molecule has 0 aromatic heterocycles. The topological polar surface area (TPSA) is 122 Å². The van der Waals surface area contributed by atoms with Gasteiger partial charge in [-0.05, 0) is 26.7 Å². The third-order valence-electron chi connectivity index (χ3n) is 5.10. The number of nitrogens with two attached hydrogens (primary N) is 2. The van der Waals surface area contributed by atoms with Gasteiger partial charge in [0.15, 0.2) is 0 Å². The van der Waals surface area contributed by atoms with Crippen LogP contribution in [0.15, 0.2) is 0 Å². The standard InChI is InChI=1S/C15H24N2O5/c1-8-12-10(13(20)22-8)6-14(3,16)11(15(12,17)7-18)4-5-21-9(2)19/h7-8,10-12H,4-6,16-17H2,1-3H3. The normalized spacial score (nSPS) is 44.1. The lowest BCUT2D eigenvalue weighted by Crippen LogP contribution is -2.70. The highest BCUT2D eigenvalue weighted by Gasteiger charge is 2.63. The zero-order chi connectivity index (χ0) is 16.7. The van der Waals surface area contributed by atoms with Gasteiger partial charge < -0.3 is 25.7 Å². The van der Waals surface area contributed by atoms with Crippen molar-refractivity contribution in [2.75, 3.05) is 6.61 Å². The number of ether oxygens (including phenoxy) is 2. The Labute approximate surface area is 129 Å². The lowest BCUT2D eigenvalue weighted by molar-refractivity contribution is -0.144. The summed E-state index contributed by atoms with van der Waals surface area (Å²) in [4.78, 5) is 34.8. The molecule has 124 valence electrons. The predicted molar refractivity (Wildman–Crippen MR) is 77.5 cm³/mol. The van der Waals surface area contributed by atoms with E-state index in [2.05, 4.69) is 0 Å². The number of fused-ring (bicyclic) bond motifs is 1. The molecule has 1 heterocycles. The van der Waals surface area contributed by atoms with Crippen molar-refractivity contribution in [3.8, 4) is 0 Å². The average Bonchev–Trinajstić information content (AvgIpc) is 2.67. The van der Waals surface area contributed by atoms with E-state index in [4.69, 9.17) is 20.9 Å². The molecule has 6 atom stereocenters. The lowest BCUT2D eigenvalue weighted by atomic mass is 9.54. The Kier molecular flexibility index (Phi) is 4.32. The van der Waals surface area contributed by atoms with Crippen LogP contribution in [0.3, 0.4) is 0 Å². The molecule has 22 heavy (non-hydrogen) atoms. The molecule has 0 aromatic rings. The van der Waals surface area contributed by atoms with Gasteiger partial charge in [0.25, 0.3) is 0 Å². The molecule has 4 N–H and O–H groups in total. The number of cyclic esters (lactones) is 1. The summed E-state index contributed by atoms with van der Waals surface area (Å²) in [5.41, 5.74) is 10.7.